The summed E-state index contributed by atoms with van der Waals surface area (Å²) in [6.07, 6.45) is 1.00. The van der Waals surface area contributed by atoms with Crippen LogP contribution in [0.15, 0.2) is 42.5 Å². The molecule has 2 aromatic carbocycles. The zero-order valence-electron chi connectivity index (χ0n) is 18.5. The van der Waals surface area contributed by atoms with Crippen LogP contribution in [0.5, 0.6) is 11.5 Å². The van der Waals surface area contributed by atoms with Crippen molar-refractivity contribution < 1.29 is 19.4 Å². The van der Waals surface area contributed by atoms with Crippen LogP contribution in [-0.2, 0) is 11.2 Å². The van der Waals surface area contributed by atoms with Crippen molar-refractivity contribution in [1.82, 2.24) is 14.9 Å². The number of nitrogens with one attached hydrogen (secondary N) is 1. The molecular weight excluding hydrogens is 406 g/mol. The topological polar surface area (TPSA) is 87.7 Å². The summed E-state index contributed by atoms with van der Waals surface area (Å²) < 4.78 is 11.3. The Hall–Kier alpha value is -3.06. The molecule has 1 aliphatic carbocycles. The van der Waals surface area contributed by atoms with E-state index in [9.17, 15) is 9.90 Å². The average molecular weight is 436 g/mol. The number of aliphatic hydroxyl groups excluding tert-OH is 1. The summed E-state index contributed by atoms with van der Waals surface area (Å²) >= 11 is 0. The number of ether oxygens (including phenoxy) is 2. The van der Waals surface area contributed by atoms with E-state index >= 15 is 0 Å². The molecule has 2 heterocycles. The summed E-state index contributed by atoms with van der Waals surface area (Å²) in [5.74, 6) is 3.18. The van der Waals surface area contributed by atoms with Gasteiger partial charge in [0.1, 0.15) is 23.4 Å². The van der Waals surface area contributed by atoms with Crippen molar-refractivity contribution in [2.24, 2.45) is 11.8 Å². The van der Waals surface area contributed by atoms with Gasteiger partial charge in [0.25, 0.3) is 0 Å². The predicted octanol–water partition coefficient (Wildman–Crippen LogP) is 3.10. The maximum absolute atomic E-state index is 13.0. The standard InChI is InChI=1S/C25H29N3O4/c1-15-26-21-8-3-16(9-22(21)27-15)10-25(30)28-13-17-11-23(29)24(12-18(17)14-28)32-20-6-4-19(31-2)5-7-20/h3-9,17-18,23-24,29H,10-14H2,1-2H3,(H,26,27)/t17-,18+,23+,24+/m0/s1. The lowest BCUT2D eigenvalue weighted by Gasteiger charge is -2.35. The first-order valence-corrected chi connectivity index (χ1v) is 11.2. The van der Waals surface area contributed by atoms with E-state index in [1.54, 1.807) is 7.11 Å². The fourth-order valence-corrected chi connectivity index (χ4v) is 5.13. The number of aromatic amines is 1. The van der Waals surface area contributed by atoms with Crippen molar-refractivity contribution >= 4 is 16.9 Å². The first-order valence-electron chi connectivity index (χ1n) is 11.2. The SMILES string of the molecule is COc1ccc(O[C@@H]2C[C@@H]3CN(C(=O)Cc4ccc5nc(C)[nH]c5c4)C[C@@H]3C[C@H]2O)cc1. The average Bonchev–Trinajstić information content (AvgIpc) is 3.36. The van der Waals surface area contributed by atoms with Crippen LogP contribution in [0.25, 0.3) is 11.0 Å². The number of benzene rings is 2. The van der Waals surface area contributed by atoms with Crippen LogP contribution < -0.4 is 9.47 Å². The van der Waals surface area contributed by atoms with Crippen LogP contribution in [0.2, 0.25) is 0 Å². The molecule has 1 saturated heterocycles. The second kappa shape index (κ2) is 8.47. The van der Waals surface area contributed by atoms with Gasteiger partial charge in [0.15, 0.2) is 0 Å². The number of hydrogen-bond donors (Lipinski definition) is 2. The van der Waals surface area contributed by atoms with Gasteiger partial charge in [-0.2, -0.15) is 0 Å². The van der Waals surface area contributed by atoms with Crippen LogP contribution in [-0.4, -0.2) is 58.3 Å². The second-order valence-corrected chi connectivity index (χ2v) is 9.04. The quantitative estimate of drug-likeness (QED) is 0.643. The smallest absolute Gasteiger partial charge is 0.227 e. The number of carbonyl (C=O) groups excluding carboxylic acids is 1. The molecule has 0 radical (unpaired) electrons. The molecule has 168 valence electrons. The van der Waals surface area contributed by atoms with Crippen LogP contribution in [0.1, 0.15) is 24.2 Å². The number of H-pyrrole nitrogens is 1. The molecule has 1 aliphatic heterocycles. The van der Waals surface area contributed by atoms with E-state index < -0.39 is 6.10 Å². The molecular formula is C25H29N3O4. The Kier molecular flexibility index (Phi) is 5.51. The number of hydrogen-bond acceptors (Lipinski definition) is 5. The highest BCUT2D eigenvalue weighted by molar-refractivity contribution is 5.82. The summed E-state index contributed by atoms with van der Waals surface area (Å²) in [6.45, 7) is 3.36. The molecule has 1 saturated carbocycles. The molecule has 2 N–H and O–H groups in total. The lowest BCUT2D eigenvalue weighted by molar-refractivity contribution is -0.129. The summed E-state index contributed by atoms with van der Waals surface area (Å²) in [5.41, 5.74) is 2.87. The third-order valence-electron chi connectivity index (χ3n) is 6.80. The van der Waals surface area contributed by atoms with E-state index in [2.05, 4.69) is 9.97 Å². The summed E-state index contributed by atoms with van der Waals surface area (Å²) in [4.78, 5) is 22.6. The van der Waals surface area contributed by atoms with E-state index in [-0.39, 0.29) is 12.0 Å². The summed E-state index contributed by atoms with van der Waals surface area (Å²) in [5, 5.41) is 10.7. The van der Waals surface area contributed by atoms with Crippen molar-refractivity contribution in [1.29, 1.82) is 0 Å². The van der Waals surface area contributed by atoms with E-state index in [4.69, 9.17) is 9.47 Å². The lowest BCUT2D eigenvalue weighted by Crippen LogP contribution is -2.42. The highest BCUT2D eigenvalue weighted by Crippen LogP contribution is 2.38. The molecule has 1 aromatic heterocycles. The second-order valence-electron chi connectivity index (χ2n) is 9.04. The number of likely N-dealkylation sites (tertiary alicyclic amines) is 1. The Labute approximate surface area is 187 Å². The molecule has 0 bridgehead atoms. The van der Waals surface area contributed by atoms with Gasteiger partial charge in [-0.1, -0.05) is 6.07 Å². The van der Waals surface area contributed by atoms with Crippen molar-refractivity contribution in [2.45, 2.75) is 38.4 Å². The highest BCUT2D eigenvalue weighted by atomic mass is 16.5. The summed E-state index contributed by atoms with van der Waals surface area (Å²) in [7, 11) is 1.63. The Morgan fingerprint density at radius 3 is 2.59 bits per heavy atom. The molecule has 7 nitrogen and oxygen atoms in total. The van der Waals surface area contributed by atoms with Crippen molar-refractivity contribution in [3.8, 4) is 11.5 Å². The first-order chi connectivity index (χ1) is 15.5. The molecule has 0 spiro atoms. The van der Waals surface area contributed by atoms with E-state index in [0.29, 0.717) is 31.2 Å². The van der Waals surface area contributed by atoms with Gasteiger partial charge in [-0.05, 0) is 73.6 Å². The lowest BCUT2D eigenvalue weighted by atomic mass is 9.78. The first kappa shape index (κ1) is 20.8. The zero-order chi connectivity index (χ0) is 22.2. The van der Waals surface area contributed by atoms with Gasteiger partial charge in [0.2, 0.25) is 5.91 Å². The third-order valence-corrected chi connectivity index (χ3v) is 6.80. The van der Waals surface area contributed by atoms with E-state index in [1.807, 2.05) is 54.3 Å². The molecule has 2 fully saturated rings. The highest BCUT2D eigenvalue weighted by Gasteiger charge is 2.43. The zero-order valence-corrected chi connectivity index (χ0v) is 18.5. The Morgan fingerprint density at radius 1 is 1.12 bits per heavy atom. The van der Waals surface area contributed by atoms with Crippen molar-refractivity contribution in [3.05, 3.63) is 53.9 Å². The number of carbonyl (C=O) groups is 1. The molecule has 4 atom stereocenters. The molecule has 3 aromatic rings. The normalized spacial score (nSPS) is 25.0. The number of rotatable bonds is 5. The van der Waals surface area contributed by atoms with Gasteiger partial charge in [-0.25, -0.2) is 4.98 Å². The van der Waals surface area contributed by atoms with Crippen LogP contribution in [0, 0.1) is 18.8 Å². The minimum Gasteiger partial charge on any atom is -0.497 e. The summed E-state index contributed by atoms with van der Waals surface area (Å²) in [6, 6.07) is 13.4. The van der Waals surface area contributed by atoms with Gasteiger partial charge in [0, 0.05) is 13.1 Å². The molecule has 1 amide bonds. The molecule has 32 heavy (non-hydrogen) atoms. The van der Waals surface area contributed by atoms with Gasteiger partial charge >= 0.3 is 0 Å². The Morgan fingerprint density at radius 2 is 1.84 bits per heavy atom. The predicted molar refractivity (Wildman–Crippen MR) is 121 cm³/mol. The van der Waals surface area contributed by atoms with Gasteiger partial charge in [-0.15, -0.1) is 0 Å². The van der Waals surface area contributed by atoms with Crippen LogP contribution >= 0.6 is 0 Å². The monoisotopic (exact) mass is 435 g/mol. The number of fused-ring (bicyclic) bond motifs is 2. The maximum Gasteiger partial charge on any atom is 0.227 e. The molecule has 0 unspecified atom stereocenters. The fraction of sp³-hybridized carbons (Fsp3) is 0.440. The van der Waals surface area contributed by atoms with Gasteiger partial charge < -0.3 is 24.5 Å². The van der Waals surface area contributed by atoms with E-state index in [0.717, 1.165) is 46.9 Å². The largest absolute Gasteiger partial charge is 0.497 e. The number of methoxy groups -OCH3 is 1. The van der Waals surface area contributed by atoms with Crippen molar-refractivity contribution in [3.63, 3.8) is 0 Å². The number of aromatic nitrogens is 2. The number of imidazole rings is 1. The molecule has 2 aliphatic rings. The number of aliphatic hydroxyl groups is 1. The maximum atomic E-state index is 13.0. The van der Waals surface area contributed by atoms with E-state index in [1.165, 1.54) is 0 Å². The fourth-order valence-electron chi connectivity index (χ4n) is 5.13. The minimum atomic E-state index is -0.528. The third kappa shape index (κ3) is 4.17. The van der Waals surface area contributed by atoms with Gasteiger partial charge in [-0.3, -0.25) is 4.79 Å². The number of nitrogens with zero attached hydrogens (tertiary/aromatic N) is 2. The molecule has 5 rings (SSSR count). The van der Waals surface area contributed by atoms with Crippen LogP contribution in [0.3, 0.4) is 0 Å². The van der Waals surface area contributed by atoms with Crippen LogP contribution in [0.4, 0.5) is 0 Å². The van der Waals surface area contributed by atoms with Gasteiger partial charge in [0.05, 0.1) is 30.7 Å². The number of amides is 1. The molecule has 7 heteroatoms. The Balaban J connectivity index is 1.21. The minimum absolute atomic E-state index is 0.136. The number of aryl methyl sites for hydroxylation is 1. The Bertz CT molecular complexity index is 1110. The van der Waals surface area contributed by atoms with Crippen molar-refractivity contribution in [2.75, 3.05) is 20.2 Å².